The summed E-state index contributed by atoms with van der Waals surface area (Å²) in [4.78, 5) is 37.8. The van der Waals surface area contributed by atoms with Gasteiger partial charge < -0.3 is 9.13 Å². The van der Waals surface area contributed by atoms with Crippen LogP contribution in [0.1, 0.15) is 26.3 Å². The smallest absolute Gasteiger partial charge is 0.275 e. The molecule has 30 heavy (non-hydrogen) atoms. The van der Waals surface area contributed by atoms with E-state index >= 15 is 0 Å². The van der Waals surface area contributed by atoms with Gasteiger partial charge in [0.2, 0.25) is 0 Å². The van der Waals surface area contributed by atoms with Gasteiger partial charge in [-0.15, -0.1) is 0 Å². The number of hydrogen-bond donors (Lipinski definition) is 2. The van der Waals surface area contributed by atoms with Crippen LogP contribution in [-0.4, -0.2) is 20.9 Å². The molecule has 0 radical (unpaired) electrons. The minimum absolute atomic E-state index is 0.0494. The van der Waals surface area contributed by atoms with E-state index in [0.29, 0.717) is 12.1 Å². The van der Waals surface area contributed by atoms with Gasteiger partial charge in [-0.25, -0.2) is 0 Å². The van der Waals surface area contributed by atoms with E-state index in [4.69, 9.17) is 0 Å². The van der Waals surface area contributed by atoms with Crippen LogP contribution in [0.15, 0.2) is 83.9 Å². The van der Waals surface area contributed by atoms with Crippen molar-refractivity contribution in [2.45, 2.75) is 6.54 Å². The first-order valence-corrected chi connectivity index (χ1v) is 9.43. The molecule has 0 saturated carbocycles. The van der Waals surface area contributed by atoms with E-state index in [1.807, 2.05) is 66.2 Å². The molecule has 7 heteroatoms. The molecule has 2 N–H and O–H groups in total. The van der Waals surface area contributed by atoms with Crippen LogP contribution in [0.2, 0.25) is 0 Å². The van der Waals surface area contributed by atoms with E-state index in [0.717, 1.165) is 16.5 Å². The van der Waals surface area contributed by atoms with Gasteiger partial charge in [-0.1, -0.05) is 48.5 Å². The Labute approximate surface area is 172 Å². The molecule has 2 heterocycles. The van der Waals surface area contributed by atoms with Crippen molar-refractivity contribution in [1.29, 1.82) is 0 Å². The Morgan fingerprint density at radius 3 is 2.27 bits per heavy atom. The van der Waals surface area contributed by atoms with Crippen molar-refractivity contribution in [2.24, 2.45) is 7.05 Å². The second kappa shape index (κ2) is 8.08. The molecule has 0 atom stereocenters. The Morgan fingerprint density at radius 2 is 1.50 bits per heavy atom. The summed E-state index contributed by atoms with van der Waals surface area (Å²) >= 11 is 0. The van der Waals surface area contributed by atoms with Gasteiger partial charge in [-0.3, -0.25) is 25.2 Å². The number of hydrogen-bond acceptors (Lipinski definition) is 3. The summed E-state index contributed by atoms with van der Waals surface area (Å²) in [5, 5.41) is 0.775. The first-order chi connectivity index (χ1) is 14.5. The van der Waals surface area contributed by atoms with Crippen LogP contribution < -0.4 is 16.4 Å². The van der Waals surface area contributed by atoms with Gasteiger partial charge in [0.05, 0.1) is 12.1 Å². The fraction of sp³-hybridized carbons (Fsp3) is 0.0870. The highest BCUT2D eigenvalue weighted by atomic mass is 16.2. The van der Waals surface area contributed by atoms with Crippen molar-refractivity contribution >= 4 is 22.7 Å². The summed E-state index contributed by atoms with van der Waals surface area (Å²) in [5.74, 6) is -1.13. The Kier molecular flexibility index (Phi) is 5.17. The number of nitrogens with one attached hydrogen (secondary N) is 2. The lowest BCUT2D eigenvalue weighted by molar-refractivity contribution is 0.0846. The van der Waals surface area contributed by atoms with Gasteiger partial charge in [-0.05, 0) is 23.8 Å². The van der Waals surface area contributed by atoms with Crippen molar-refractivity contribution in [3.05, 3.63) is 106 Å². The Bertz CT molecular complexity index is 1290. The van der Waals surface area contributed by atoms with Crippen molar-refractivity contribution in [3.8, 4) is 0 Å². The molecule has 2 aromatic heterocycles. The second-order valence-electron chi connectivity index (χ2n) is 6.92. The SMILES string of the molecule is Cn1cc(C(=O)NNC(=O)c2cccn(Cc3ccccc3)c2=O)c2ccccc21. The monoisotopic (exact) mass is 400 g/mol. The molecule has 150 valence electrons. The molecule has 4 rings (SSSR count). The molecule has 2 amide bonds. The van der Waals surface area contributed by atoms with Crippen LogP contribution in [-0.2, 0) is 13.6 Å². The van der Waals surface area contributed by atoms with Crippen LogP contribution in [0.3, 0.4) is 0 Å². The third kappa shape index (κ3) is 3.73. The molecule has 4 aromatic rings. The Hall–Kier alpha value is -4.13. The predicted molar refractivity (Wildman–Crippen MR) is 114 cm³/mol. The lowest BCUT2D eigenvalue weighted by Crippen LogP contribution is -2.44. The number of pyridine rings is 1. The van der Waals surface area contributed by atoms with Gasteiger partial charge in [0, 0.05) is 30.3 Å². The fourth-order valence-electron chi connectivity index (χ4n) is 3.39. The number of amides is 2. The molecule has 0 saturated heterocycles. The first-order valence-electron chi connectivity index (χ1n) is 9.43. The minimum atomic E-state index is -0.670. The Balaban J connectivity index is 1.49. The number of fused-ring (bicyclic) bond motifs is 1. The van der Waals surface area contributed by atoms with Crippen molar-refractivity contribution in [3.63, 3.8) is 0 Å². The van der Waals surface area contributed by atoms with E-state index in [9.17, 15) is 14.4 Å². The number of rotatable bonds is 4. The van der Waals surface area contributed by atoms with Crippen molar-refractivity contribution < 1.29 is 9.59 Å². The number of aryl methyl sites for hydroxylation is 1. The molecule has 0 fully saturated rings. The largest absolute Gasteiger partial charge is 0.350 e. The standard InChI is InChI=1S/C23H20N4O3/c1-26-15-19(17-10-5-6-12-20(17)26)22(29)25-24-21(28)18-11-7-13-27(23(18)30)14-16-8-3-2-4-9-16/h2-13,15H,14H2,1H3,(H,24,28)(H,25,29). The zero-order valence-corrected chi connectivity index (χ0v) is 16.3. The maximum atomic E-state index is 12.7. The molecule has 0 aliphatic carbocycles. The van der Waals surface area contributed by atoms with E-state index in [-0.39, 0.29) is 5.56 Å². The number of para-hydroxylation sites is 1. The molecule has 0 spiro atoms. The van der Waals surface area contributed by atoms with Crippen LogP contribution in [0.25, 0.3) is 10.9 Å². The summed E-state index contributed by atoms with van der Waals surface area (Å²) in [6, 6.07) is 20.0. The Morgan fingerprint density at radius 1 is 0.833 bits per heavy atom. The lowest BCUT2D eigenvalue weighted by atomic mass is 10.2. The summed E-state index contributed by atoms with van der Waals surface area (Å²) in [6.07, 6.45) is 3.32. The molecular formula is C23H20N4O3. The van der Waals surface area contributed by atoms with Gasteiger partial charge in [0.25, 0.3) is 17.4 Å². The third-order valence-electron chi connectivity index (χ3n) is 4.89. The average Bonchev–Trinajstić information content (AvgIpc) is 3.11. The quantitative estimate of drug-likeness (QED) is 0.516. The van der Waals surface area contributed by atoms with E-state index in [1.54, 1.807) is 18.5 Å². The van der Waals surface area contributed by atoms with Gasteiger partial charge >= 0.3 is 0 Å². The number of nitrogens with zero attached hydrogens (tertiary/aromatic N) is 2. The lowest BCUT2D eigenvalue weighted by Gasteiger charge is -2.09. The van der Waals surface area contributed by atoms with E-state index in [2.05, 4.69) is 10.9 Å². The van der Waals surface area contributed by atoms with Crippen LogP contribution >= 0.6 is 0 Å². The predicted octanol–water partition coefficient (Wildman–Crippen LogP) is 2.46. The number of aromatic nitrogens is 2. The number of hydrazine groups is 1. The second-order valence-corrected chi connectivity index (χ2v) is 6.92. The number of carbonyl (C=O) groups excluding carboxylic acids is 2. The molecule has 0 unspecified atom stereocenters. The molecule has 7 nitrogen and oxygen atoms in total. The highest BCUT2D eigenvalue weighted by Gasteiger charge is 2.16. The average molecular weight is 400 g/mol. The van der Waals surface area contributed by atoms with Crippen LogP contribution in [0, 0.1) is 0 Å². The summed E-state index contributed by atoms with van der Waals surface area (Å²) < 4.78 is 3.29. The molecule has 2 aromatic carbocycles. The maximum Gasteiger partial charge on any atom is 0.275 e. The van der Waals surface area contributed by atoms with Crippen molar-refractivity contribution in [2.75, 3.05) is 0 Å². The third-order valence-corrected chi connectivity index (χ3v) is 4.89. The van der Waals surface area contributed by atoms with Gasteiger partial charge in [0.1, 0.15) is 5.56 Å². The molecular weight excluding hydrogens is 380 g/mol. The first kappa shape index (κ1) is 19.2. The van der Waals surface area contributed by atoms with Crippen LogP contribution in [0.4, 0.5) is 0 Å². The normalized spacial score (nSPS) is 10.7. The van der Waals surface area contributed by atoms with Crippen LogP contribution in [0.5, 0.6) is 0 Å². The molecule has 0 aliphatic heterocycles. The molecule has 0 aliphatic rings. The maximum absolute atomic E-state index is 12.7. The highest BCUT2D eigenvalue weighted by Crippen LogP contribution is 2.19. The zero-order valence-electron chi connectivity index (χ0n) is 16.3. The summed E-state index contributed by atoms with van der Waals surface area (Å²) in [7, 11) is 1.84. The minimum Gasteiger partial charge on any atom is -0.350 e. The van der Waals surface area contributed by atoms with Crippen molar-refractivity contribution in [1.82, 2.24) is 20.0 Å². The number of carbonyl (C=O) groups is 2. The highest BCUT2D eigenvalue weighted by molar-refractivity contribution is 6.07. The number of benzene rings is 2. The topological polar surface area (TPSA) is 85.1 Å². The van der Waals surface area contributed by atoms with Gasteiger partial charge in [-0.2, -0.15) is 0 Å². The fourth-order valence-corrected chi connectivity index (χ4v) is 3.39. The van der Waals surface area contributed by atoms with E-state index < -0.39 is 17.4 Å². The zero-order chi connectivity index (χ0) is 21.1. The molecule has 0 bridgehead atoms. The summed E-state index contributed by atoms with van der Waals surface area (Å²) in [6.45, 7) is 0.350. The van der Waals surface area contributed by atoms with Gasteiger partial charge in [0.15, 0.2) is 0 Å². The summed E-state index contributed by atoms with van der Waals surface area (Å²) in [5.41, 5.74) is 6.54. The van der Waals surface area contributed by atoms with E-state index in [1.165, 1.54) is 10.6 Å².